The number of anilines is 1. The van der Waals surface area contributed by atoms with Gasteiger partial charge in [0.1, 0.15) is 29.0 Å². The van der Waals surface area contributed by atoms with E-state index in [4.69, 9.17) is 5.73 Å². The van der Waals surface area contributed by atoms with Crippen molar-refractivity contribution < 1.29 is 4.57 Å². The molecule has 4 rings (SSSR count). The molecule has 9 nitrogen and oxygen atoms in total. The number of fused-ring (bicyclic) bond motifs is 2. The first-order chi connectivity index (χ1) is 15.0. The lowest BCUT2D eigenvalue weighted by Crippen LogP contribution is -2.29. The standard InChI is InChI=1S/C22H23N9/c1-4-30(5-2)10-11-31-20(25)18(19-22(31)28-16(13-24)15(12-23)26-19)21-27-14-8-6-7-9-17(14)29(21)3/h6-9H,4-5,10-11H2,1-3H3,(H2,25,26,27)/p+1. The first-order valence-corrected chi connectivity index (χ1v) is 10.2. The Labute approximate surface area is 180 Å². The van der Waals surface area contributed by atoms with E-state index in [0.29, 0.717) is 29.1 Å². The zero-order chi connectivity index (χ0) is 22.1. The molecule has 0 amide bonds. The number of nitrogens with two attached hydrogens (primary N) is 1. The number of nitrogen functional groups attached to an aromatic ring is 1. The van der Waals surface area contributed by atoms with Gasteiger partial charge in [-0.2, -0.15) is 10.5 Å². The van der Waals surface area contributed by atoms with Gasteiger partial charge in [-0.3, -0.25) is 0 Å². The minimum atomic E-state index is -0.00379. The van der Waals surface area contributed by atoms with Crippen LogP contribution in [0.15, 0.2) is 24.3 Å². The molecule has 0 fully saturated rings. The highest BCUT2D eigenvalue weighted by Crippen LogP contribution is 2.34. The number of aromatic amines is 1. The Hall–Kier alpha value is -3.95. The third kappa shape index (κ3) is 3.25. The van der Waals surface area contributed by atoms with Crippen LogP contribution in [0.1, 0.15) is 25.2 Å². The van der Waals surface area contributed by atoms with Crippen LogP contribution in [0, 0.1) is 22.7 Å². The number of nitrogens with one attached hydrogen (secondary N) is 1. The number of aryl methyl sites for hydroxylation is 1. The number of rotatable bonds is 6. The summed E-state index contributed by atoms with van der Waals surface area (Å²) in [6.07, 6.45) is 0. The molecule has 0 saturated heterocycles. The third-order valence-corrected chi connectivity index (χ3v) is 5.75. The van der Waals surface area contributed by atoms with E-state index >= 15 is 0 Å². The number of imidazole rings is 1. The first kappa shape index (κ1) is 20.3. The summed E-state index contributed by atoms with van der Waals surface area (Å²) in [6, 6.07) is 11.9. The quantitative estimate of drug-likeness (QED) is 0.465. The second-order valence-corrected chi connectivity index (χ2v) is 7.31. The van der Waals surface area contributed by atoms with Gasteiger partial charge in [0.05, 0.1) is 7.05 Å². The molecule has 0 bridgehead atoms. The molecule has 0 aliphatic heterocycles. The topological polar surface area (TPSA) is 127 Å². The molecule has 4 aromatic rings. The number of aromatic nitrogens is 5. The zero-order valence-corrected chi connectivity index (χ0v) is 17.8. The van der Waals surface area contributed by atoms with E-state index in [1.807, 2.05) is 52.6 Å². The molecule has 0 aliphatic carbocycles. The van der Waals surface area contributed by atoms with Crippen LogP contribution in [0.2, 0.25) is 0 Å². The summed E-state index contributed by atoms with van der Waals surface area (Å²) < 4.78 is 3.91. The summed E-state index contributed by atoms with van der Waals surface area (Å²) in [7, 11) is 1.95. The van der Waals surface area contributed by atoms with Crippen LogP contribution in [-0.4, -0.2) is 44.1 Å². The van der Waals surface area contributed by atoms with Crippen molar-refractivity contribution in [1.82, 2.24) is 24.4 Å². The summed E-state index contributed by atoms with van der Waals surface area (Å²) in [5, 5.41) is 19.0. The number of nitrogens with zero attached hydrogens (tertiary/aromatic N) is 7. The van der Waals surface area contributed by atoms with Gasteiger partial charge in [-0.05, 0) is 25.2 Å². The summed E-state index contributed by atoms with van der Waals surface area (Å²) >= 11 is 0. The van der Waals surface area contributed by atoms with Crippen molar-refractivity contribution in [1.29, 1.82) is 10.5 Å². The van der Waals surface area contributed by atoms with Gasteiger partial charge in [-0.1, -0.05) is 26.0 Å². The fourth-order valence-electron chi connectivity index (χ4n) is 3.98. The van der Waals surface area contributed by atoms with Crippen LogP contribution in [0.4, 0.5) is 5.82 Å². The zero-order valence-electron chi connectivity index (χ0n) is 17.8. The third-order valence-electron chi connectivity index (χ3n) is 5.75. The second kappa shape index (κ2) is 8.05. The highest BCUT2D eigenvalue weighted by Gasteiger charge is 2.29. The van der Waals surface area contributed by atoms with E-state index in [1.54, 1.807) is 0 Å². The molecule has 9 heteroatoms. The van der Waals surface area contributed by atoms with Crippen LogP contribution < -0.4 is 10.3 Å². The number of H-pyrrole nitrogens is 1. The van der Waals surface area contributed by atoms with Crippen molar-refractivity contribution in [3.8, 4) is 23.5 Å². The molecule has 0 spiro atoms. The smallest absolute Gasteiger partial charge is 0.293 e. The second-order valence-electron chi connectivity index (χ2n) is 7.31. The monoisotopic (exact) mass is 414 g/mol. The summed E-state index contributed by atoms with van der Waals surface area (Å²) in [6.45, 7) is 7.45. The van der Waals surface area contributed by atoms with E-state index in [2.05, 4.69) is 33.7 Å². The average molecular weight is 414 g/mol. The van der Waals surface area contributed by atoms with Gasteiger partial charge in [0, 0.05) is 13.1 Å². The molecular formula is C22H24N9+. The predicted molar refractivity (Wildman–Crippen MR) is 118 cm³/mol. The number of para-hydroxylation sites is 2. The first-order valence-electron chi connectivity index (χ1n) is 10.2. The highest BCUT2D eigenvalue weighted by molar-refractivity contribution is 5.97. The van der Waals surface area contributed by atoms with Crippen molar-refractivity contribution in [2.75, 3.05) is 25.4 Å². The van der Waals surface area contributed by atoms with Gasteiger partial charge in [0.15, 0.2) is 28.1 Å². The van der Waals surface area contributed by atoms with E-state index in [-0.39, 0.29) is 11.4 Å². The fraction of sp³-hybridized carbons (Fsp3) is 0.318. The molecule has 156 valence electrons. The maximum Gasteiger partial charge on any atom is 0.293 e. The normalized spacial score (nSPS) is 11.3. The van der Waals surface area contributed by atoms with E-state index in [1.165, 1.54) is 0 Å². The summed E-state index contributed by atoms with van der Waals surface area (Å²) in [4.78, 5) is 14.7. The largest absolute Gasteiger partial charge is 0.384 e. The Kier molecular flexibility index (Phi) is 5.28. The van der Waals surface area contributed by atoms with Gasteiger partial charge in [-0.25, -0.2) is 19.5 Å². The highest BCUT2D eigenvalue weighted by atomic mass is 15.2. The van der Waals surface area contributed by atoms with Crippen molar-refractivity contribution in [3.05, 3.63) is 35.7 Å². The number of hydrogen-bond donors (Lipinski definition) is 2. The Morgan fingerprint density at radius 3 is 2.45 bits per heavy atom. The lowest BCUT2D eigenvalue weighted by Gasteiger charge is -2.18. The molecule has 0 aliphatic rings. The number of hydrogen-bond acceptors (Lipinski definition) is 6. The Morgan fingerprint density at radius 1 is 1.13 bits per heavy atom. The maximum absolute atomic E-state index is 9.49. The van der Waals surface area contributed by atoms with Gasteiger partial charge < -0.3 is 15.2 Å². The SMILES string of the molecule is CCN(CC)CCn1c(N)c(-c2[nH]c3ccccc3[n+]2C)c2nc(C#N)c(C#N)nc21. The Balaban J connectivity index is 2.00. The van der Waals surface area contributed by atoms with Crippen LogP contribution >= 0.6 is 0 Å². The van der Waals surface area contributed by atoms with Crippen LogP contribution in [-0.2, 0) is 13.6 Å². The van der Waals surface area contributed by atoms with E-state index in [9.17, 15) is 10.5 Å². The minimum absolute atomic E-state index is 0.00379. The molecule has 3 heterocycles. The van der Waals surface area contributed by atoms with E-state index in [0.717, 1.165) is 36.5 Å². The van der Waals surface area contributed by atoms with Crippen LogP contribution in [0.25, 0.3) is 33.6 Å². The van der Waals surface area contributed by atoms with E-state index < -0.39 is 0 Å². The maximum atomic E-state index is 9.49. The van der Waals surface area contributed by atoms with Gasteiger partial charge in [0.25, 0.3) is 5.82 Å². The van der Waals surface area contributed by atoms with Crippen molar-refractivity contribution in [2.24, 2.45) is 7.05 Å². The van der Waals surface area contributed by atoms with Crippen LogP contribution in [0.5, 0.6) is 0 Å². The molecule has 0 radical (unpaired) electrons. The van der Waals surface area contributed by atoms with Gasteiger partial charge in [-0.15, -0.1) is 0 Å². The molecular weight excluding hydrogens is 390 g/mol. The molecule has 1 aromatic carbocycles. The van der Waals surface area contributed by atoms with Gasteiger partial charge >= 0.3 is 0 Å². The number of nitriles is 2. The van der Waals surface area contributed by atoms with Crippen molar-refractivity contribution in [3.63, 3.8) is 0 Å². The minimum Gasteiger partial charge on any atom is -0.384 e. The number of benzene rings is 1. The molecule has 3 aromatic heterocycles. The molecule has 0 unspecified atom stereocenters. The number of likely N-dealkylation sites (N-methyl/N-ethyl adjacent to an activating group) is 1. The van der Waals surface area contributed by atoms with Crippen LogP contribution in [0.3, 0.4) is 0 Å². The van der Waals surface area contributed by atoms with Crippen molar-refractivity contribution >= 4 is 28.0 Å². The summed E-state index contributed by atoms with van der Waals surface area (Å²) in [5.41, 5.74) is 10.3. The molecule has 31 heavy (non-hydrogen) atoms. The fourth-order valence-corrected chi connectivity index (χ4v) is 3.98. The summed E-state index contributed by atoms with van der Waals surface area (Å²) in [5.74, 6) is 1.27. The Bertz CT molecular complexity index is 1360. The molecule has 3 N–H and O–H groups in total. The van der Waals surface area contributed by atoms with Crippen molar-refractivity contribution in [2.45, 2.75) is 20.4 Å². The average Bonchev–Trinajstić information content (AvgIpc) is 3.26. The molecule has 0 saturated carbocycles. The predicted octanol–water partition coefficient (Wildman–Crippen LogP) is 2.07. The van der Waals surface area contributed by atoms with Gasteiger partial charge in [0.2, 0.25) is 0 Å². The molecule has 0 atom stereocenters. The lowest BCUT2D eigenvalue weighted by molar-refractivity contribution is -0.633. The lowest BCUT2D eigenvalue weighted by atomic mass is 10.2. The Morgan fingerprint density at radius 2 is 1.81 bits per heavy atom.